The molecule has 0 saturated carbocycles. The van der Waals surface area contributed by atoms with Crippen LogP contribution in [0.4, 0.5) is 0 Å². The summed E-state index contributed by atoms with van der Waals surface area (Å²) < 4.78 is 10.4. The molecule has 78 valence electrons. The first-order valence-corrected chi connectivity index (χ1v) is 5.18. The highest BCUT2D eigenvalue weighted by molar-refractivity contribution is 7.80. The van der Waals surface area contributed by atoms with Gasteiger partial charge in [0.15, 0.2) is 0 Å². The maximum absolute atomic E-state index is 9.63. The van der Waals surface area contributed by atoms with E-state index in [0.29, 0.717) is 5.75 Å². The smallest absolute Gasteiger partial charge is 0.206 e. The Hall–Kier alpha value is 0.540. The quantitative estimate of drug-likeness (QED) is 0.481. The van der Waals surface area contributed by atoms with Crippen LogP contribution in [0.15, 0.2) is 0 Å². The Bertz CT molecular complexity index is 174. The highest BCUT2D eigenvalue weighted by Gasteiger charge is 2.53. The van der Waals surface area contributed by atoms with Crippen molar-refractivity contribution in [3.8, 4) is 0 Å². The van der Waals surface area contributed by atoms with E-state index < -0.39 is 24.1 Å². The maximum Gasteiger partial charge on any atom is 0.206 e. The van der Waals surface area contributed by atoms with E-state index in [1.54, 1.807) is 0 Å². The molecule has 0 radical (unpaired) electrons. The molecule has 1 rings (SSSR count). The van der Waals surface area contributed by atoms with Gasteiger partial charge in [0.1, 0.15) is 12.2 Å². The summed E-state index contributed by atoms with van der Waals surface area (Å²) in [6.45, 7) is 0. The van der Waals surface area contributed by atoms with Crippen molar-refractivity contribution in [3.63, 3.8) is 0 Å². The Morgan fingerprint density at radius 3 is 2.31 bits per heavy atom. The molecule has 0 amide bonds. The van der Waals surface area contributed by atoms with Crippen LogP contribution in [-0.2, 0) is 9.47 Å². The molecule has 1 aliphatic rings. The molecule has 4 nitrogen and oxygen atoms in total. The van der Waals surface area contributed by atoms with E-state index in [2.05, 4.69) is 25.3 Å². The lowest BCUT2D eigenvalue weighted by atomic mass is 10.1. The lowest BCUT2D eigenvalue weighted by Crippen LogP contribution is -2.46. The van der Waals surface area contributed by atoms with Gasteiger partial charge >= 0.3 is 0 Å². The van der Waals surface area contributed by atoms with E-state index in [-0.39, 0.29) is 5.75 Å². The molecule has 2 N–H and O–H groups in total. The van der Waals surface area contributed by atoms with Crippen molar-refractivity contribution in [1.82, 2.24) is 0 Å². The molecule has 0 spiro atoms. The van der Waals surface area contributed by atoms with Crippen molar-refractivity contribution >= 4 is 25.3 Å². The summed E-state index contributed by atoms with van der Waals surface area (Å²) in [4.78, 5) is 0. The number of aliphatic hydroxyl groups is 2. The lowest BCUT2D eigenvalue weighted by Gasteiger charge is -2.28. The first-order chi connectivity index (χ1) is 6.11. The van der Waals surface area contributed by atoms with Crippen molar-refractivity contribution in [1.29, 1.82) is 0 Å². The number of ether oxygens (including phenoxy) is 2. The van der Waals surface area contributed by atoms with Gasteiger partial charge in [-0.05, 0) is 0 Å². The van der Waals surface area contributed by atoms with Crippen LogP contribution in [0.2, 0.25) is 0 Å². The van der Waals surface area contributed by atoms with Gasteiger partial charge in [-0.15, -0.1) is 0 Å². The fourth-order valence-electron chi connectivity index (χ4n) is 1.37. The van der Waals surface area contributed by atoms with Crippen molar-refractivity contribution in [3.05, 3.63) is 0 Å². The average Bonchev–Trinajstić information content (AvgIpc) is 2.42. The monoisotopic (exact) mass is 226 g/mol. The number of thiol groups is 2. The number of hydrogen-bond acceptors (Lipinski definition) is 6. The third-order valence-corrected chi connectivity index (χ3v) is 3.05. The molecule has 4 atom stereocenters. The van der Waals surface area contributed by atoms with Gasteiger partial charge in [0.05, 0.1) is 6.10 Å². The molecule has 1 fully saturated rings. The summed E-state index contributed by atoms with van der Waals surface area (Å²) in [6, 6.07) is 0. The van der Waals surface area contributed by atoms with Gasteiger partial charge in [-0.1, -0.05) is 0 Å². The zero-order valence-corrected chi connectivity index (χ0v) is 9.04. The SMILES string of the molecule is COC1(CS)O[C@H](CS)[C@@H](O)[C@@H]1O. The van der Waals surface area contributed by atoms with E-state index >= 15 is 0 Å². The van der Waals surface area contributed by atoms with Gasteiger partial charge in [-0.3, -0.25) is 0 Å². The Morgan fingerprint density at radius 2 is 2.08 bits per heavy atom. The second-order valence-electron chi connectivity index (χ2n) is 2.95. The maximum atomic E-state index is 9.63. The number of aliphatic hydroxyl groups excluding tert-OH is 2. The van der Waals surface area contributed by atoms with Gasteiger partial charge in [-0.2, -0.15) is 25.3 Å². The first kappa shape index (κ1) is 11.6. The summed E-state index contributed by atoms with van der Waals surface area (Å²) in [5.41, 5.74) is 0. The molecule has 0 aromatic rings. The van der Waals surface area contributed by atoms with E-state index in [1.807, 2.05) is 0 Å². The number of rotatable bonds is 3. The Balaban J connectivity index is 2.79. The highest BCUT2D eigenvalue weighted by Crippen LogP contribution is 2.33. The highest BCUT2D eigenvalue weighted by atomic mass is 32.1. The van der Waals surface area contributed by atoms with Gasteiger partial charge in [-0.25, -0.2) is 0 Å². The predicted molar refractivity (Wildman–Crippen MR) is 54.3 cm³/mol. The van der Waals surface area contributed by atoms with Gasteiger partial charge in [0.2, 0.25) is 5.79 Å². The van der Waals surface area contributed by atoms with Crippen LogP contribution in [-0.4, -0.2) is 52.9 Å². The summed E-state index contributed by atoms with van der Waals surface area (Å²) in [5.74, 6) is -0.682. The molecule has 1 saturated heterocycles. The normalized spacial score (nSPS) is 45.5. The number of methoxy groups -OCH3 is 1. The standard InChI is InChI=1S/C7H14O4S2/c1-10-7(3-13)6(9)5(8)4(2-12)11-7/h4-6,8-9,12-13H,2-3H2,1H3/t4-,5-,6+,7?/m1/s1. The fourth-order valence-corrected chi connectivity index (χ4v) is 2.05. The largest absolute Gasteiger partial charge is 0.387 e. The average molecular weight is 226 g/mol. The van der Waals surface area contributed by atoms with Gasteiger partial charge in [0.25, 0.3) is 0 Å². The van der Waals surface area contributed by atoms with Crippen LogP contribution in [0.25, 0.3) is 0 Å². The molecule has 0 aliphatic carbocycles. The van der Waals surface area contributed by atoms with E-state index in [0.717, 1.165) is 0 Å². The van der Waals surface area contributed by atoms with Gasteiger partial charge in [0, 0.05) is 18.6 Å². The van der Waals surface area contributed by atoms with Crippen LogP contribution in [0, 0.1) is 0 Å². The summed E-state index contributed by atoms with van der Waals surface area (Å²) in [5, 5.41) is 19.1. The van der Waals surface area contributed by atoms with Crippen LogP contribution in [0.1, 0.15) is 0 Å². The molecule has 6 heteroatoms. The third-order valence-electron chi connectivity index (χ3n) is 2.25. The molecule has 0 aromatic carbocycles. The van der Waals surface area contributed by atoms with Crippen molar-refractivity contribution in [2.45, 2.75) is 24.1 Å². The first-order valence-electron chi connectivity index (χ1n) is 3.92. The van der Waals surface area contributed by atoms with E-state index in [9.17, 15) is 10.2 Å². The fraction of sp³-hybridized carbons (Fsp3) is 1.00. The zero-order chi connectivity index (χ0) is 10.1. The van der Waals surface area contributed by atoms with Crippen molar-refractivity contribution in [2.24, 2.45) is 0 Å². The van der Waals surface area contributed by atoms with Crippen LogP contribution >= 0.6 is 25.3 Å². The molecule has 0 bridgehead atoms. The minimum atomic E-state index is -1.20. The predicted octanol–water partition coefficient (Wildman–Crippen LogP) is -0.691. The Morgan fingerprint density at radius 1 is 1.46 bits per heavy atom. The zero-order valence-electron chi connectivity index (χ0n) is 7.25. The number of hydrogen-bond donors (Lipinski definition) is 4. The van der Waals surface area contributed by atoms with Crippen LogP contribution in [0.5, 0.6) is 0 Å². The summed E-state index contributed by atoms with van der Waals surface area (Å²) in [7, 11) is 1.41. The van der Waals surface area contributed by atoms with Crippen molar-refractivity contribution in [2.75, 3.05) is 18.6 Å². The second-order valence-corrected chi connectivity index (χ2v) is 3.63. The minimum absolute atomic E-state index is 0.187. The Labute approximate surface area is 88.0 Å². The lowest BCUT2D eigenvalue weighted by molar-refractivity contribution is -0.226. The minimum Gasteiger partial charge on any atom is -0.387 e. The molecular weight excluding hydrogens is 212 g/mol. The third kappa shape index (κ3) is 1.84. The molecule has 1 aliphatic heterocycles. The molecule has 1 unspecified atom stereocenters. The summed E-state index contributed by atoms with van der Waals surface area (Å²) in [6.07, 6.45) is -2.55. The van der Waals surface area contributed by atoms with Crippen LogP contribution < -0.4 is 0 Å². The molecule has 1 heterocycles. The van der Waals surface area contributed by atoms with Crippen LogP contribution in [0.3, 0.4) is 0 Å². The van der Waals surface area contributed by atoms with Crippen molar-refractivity contribution < 1.29 is 19.7 Å². The van der Waals surface area contributed by atoms with Gasteiger partial charge < -0.3 is 19.7 Å². The topological polar surface area (TPSA) is 58.9 Å². The van der Waals surface area contributed by atoms with E-state index in [4.69, 9.17) is 9.47 Å². The summed E-state index contributed by atoms with van der Waals surface area (Å²) >= 11 is 8.01. The Kier molecular flexibility index (Phi) is 3.91. The second kappa shape index (κ2) is 4.37. The van der Waals surface area contributed by atoms with E-state index in [1.165, 1.54) is 7.11 Å². The molecule has 13 heavy (non-hydrogen) atoms. The molecular formula is C7H14O4S2. The molecule has 0 aromatic heterocycles.